The van der Waals surface area contributed by atoms with E-state index in [0.717, 1.165) is 24.1 Å². The molecule has 1 aliphatic rings. The SMILES string of the molecule is CCOc1cc(=O)n2c(c1C(=O)NCc1ccc(OC)c(OC)c1)CCCC2. The Morgan fingerprint density at radius 2 is 1.89 bits per heavy atom. The number of aromatic nitrogens is 1. The lowest BCUT2D eigenvalue weighted by Gasteiger charge is -2.23. The summed E-state index contributed by atoms with van der Waals surface area (Å²) >= 11 is 0. The summed E-state index contributed by atoms with van der Waals surface area (Å²) < 4.78 is 17.9. The third-order valence-corrected chi connectivity index (χ3v) is 4.85. The number of hydrogen-bond donors (Lipinski definition) is 1. The smallest absolute Gasteiger partial charge is 0.257 e. The monoisotopic (exact) mass is 386 g/mol. The number of nitrogens with zero attached hydrogens (tertiary/aromatic N) is 1. The lowest BCUT2D eigenvalue weighted by Crippen LogP contribution is -2.33. The number of amides is 1. The van der Waals surface area contributed by atoms with Gasteiger partial charge in [0.05, 0.1) is 20.8 Å². The van der Waals surface area contributed by atoms with Crippen molar-refractivity contribution in [3.05, 3.63) is 51.4 Å². The topological polar surface area (TPSA) is 78.8 Å². The molecule has 1 amide bonds. The number of rotatable bonds is 7. The Morgan fingerprint density at radius 1 is 1.11 bits per heavy atom. The zero-order valence-electron chi connectivity index (χ0n) is 16.5. The molecule has 1 aliphatic heterocycles. The van der Waals surface area contributed by atoms with Crippen molar-refractivity contribution in [1.82, 2.24) is 9.88 Å². The van der Waals surface area contributed by atoms with E-state index in [9.17, 15) is 9.59 Å². The summed E-state index contributed by atoms with van der Waals surface area (Å²) in [5, 5.41) is 2.94. The fourth-order valence-electron chi connectivity index (χ4n) is 3.51. The lowest BCUT2D eigenvalue weighted by molar-refractivity contribution is 0.0944. The molecule has 2 heterocycles. The van der Waals surface area contributed by atoms with Crippen molar-refractivity contribution < 1.29 is 19.0 Å². The van der Waals surface area contributed by atoms with E-state index in [1.807, 2.05) is 19.1 Å². The van der Waals surface area contributed by atoms with Crippen LogP contribution in [0.1, 0.15) is 41.4 Å². The second kappa shape index (κ2) is 8.82. The second-order valence-corrected chi connectivity index (χ2v) is 6.58. The normalized spacial score (nSPS) is 12.8. The molecule has 3 rings (SSSR count). The summed E-state index contributed by atoms with van der Waals surface area (Å²) in [6.07, 6.45) is 2.58. The molecule has 0 radical (unpaired) electrons. The van der Waals surface area contributed by atoms with Crippen LogP contribution in [-0.2, 0) is 19.5 Å². The number of fused-ring (bicyclic) bond motifs is 1. The number of benzene rings is 1. The van der Waals surface area contributed by atoms with E-state index in [-0.39, 0.29) is 11.5 Å². The van der Waals surface area contributed by atoms with Gasteiger partial charge in [-0.05, 0) is 43.9 Å². The number of pyridine rings is 1. The third kappa shape index (κ3) is 3.98. The van der Waals surface area contributed by atoms with Crippen LogP contribution in [0.25, 0.3) is 0 Å². The fourth-order valence-corrected chi connectivity index (χ4v) is 3.51. The van der Waals surface area contributed by atoms with Crippen LogP contribution in [0, 0.1) is 0 Å². The van der Waals surface area contributed by atoms with Gasteiger partial charge in [-0.3, -0.25) is 9.59 Å². The summed E-state index contributed by atoms with van der Waals surface area (Å²) in [5.74, 6) is 1.34. The minimum absolute atomic E-state index is 0.116. The van der Waals surface area contributed by atoms with E-state index in [0.29, 0.717) is 48.9 Å². The van der Waals surface area contributed by atoms with Crippen molar-refractivity contribution in [1.29, 1.82) is 0 Å². The van der Waals surface area contributed by atoms with Gasteiger partial charge in [0.25, 0.3) is 11.5 Å². The molecule has 1 N–H and O–H groups in total. The molecule has 0 aliphatic carbocycles. The van der Waals surface area contributed by atoms with Crippen LogP contribution in [0.5, 0.6) is 17.2 Å². The molecule has 0 atom stereocenters. The molecule has 1 aromatic heterocycles. The van der Waals surface area contributed by atoms with Gasteiger partial charge in [-0.1, -0.05) is 6.07 Å². The van der Waals surface area contributed by atoms with Crippen LogP contribution < -0.4 is 25.1 Å². The lowest BCUT2D eigenvalue weighted by atomic mass is 10.0. The van der Waals surface area contributed by atoms with Gasteiger partial charge in [-0.15, -0.1) is 0 Å². The highest BCUT2D eigenvalue weighted by Crippen LogP contribution is 2.28. The molecule has 0 saturated heterocycles. The maximum Gasteiger partial charge on any atom is 0.257 e. The molecular weight excluding hydrogens is 360 g/mol. The number of nitrogens with one attached hydrogen (secondary N) is 1. The van der Waals surface area contributed by atoms with E-state index in [4.69, 9.17) is 14.2 Å². The molecule has 28 heavy (non-hydrogen) atoms. The fraction of sp³-hybridized carbons (Fsp3) is 0.429. The van der Waals surface area contributed by atoms with Gasteiger partial charge in [0, 0.05) is 24.8 Å². The minimum Gasteiger partial charge on any atom is -0.493 e. The molecule has 7 heteroatoms. The molecule has 0 spiro atoms. The largest absolute Gasteiger partial charge is 0.493 e. The first-order valence-electron chi connectivity index (χ1n) is 9.47. The Kier molecular flexibility index (Phi) is 6.23. The van der Waals surface area contributed by atoms with Crippen LogP contribution in [0.15, 0.2) is 29.1 Å². The van der Waals surface area contributed by atoms with Crippen LogP contribution >= 0.6 is 0 Å². The van der Waals surface area contributed by atoms with Crippen molar-refractivity contribution in [2.24, 2.45) is 0 Å². The molecule has 0 fully saturated rings. The number of carbonyl (C=O) groups is 1. The van der Waals surface area contributed by atoms with Crippen molar-refractivity contribution in [3.63, 3.8) is 0 Å². The van der Waals surface area contributed by atoms with Crippen molar-refractivity contribution in [2.75, 3.05) is 20.8 Å². The Hall–Kier alpha value is -2.96. The van der Waals surface area contributed by atoms with E-state index < -0.39 is 0 Å². The Labute approximate surface area is 164 Å². The van der Waals surface area contributed by atoms with Crippen LogP contribution in [-0.4, -0.2) is 31.3 Å². The number of ether oxygens (including phenoxy) is 3. The predicted molar refractivity (Wildman–Crippen MR) is 106 cm³/mol. The number of carbonyl (C=O) groups excluding carboxylic acids is 1. The summed E-state index contributed by atoms with van der Waals surface area (Å²) in [4.78, 5) is 25.4. The maximum atomic E-state index is 13.0. The summed E-state index contributed by atoms with van der Waals surface area (Å²) in [6, 6.07) is 6.92. The van der Waals surface area contributed by atoms with Crippen LogP contribution in [0.3, 0.4) is 0 Å². The average Bonchev–Trinajstić information content (AvgIpc) is 2.72. The molecule has 0 bridgehead atoms. The van der Waals surface area contributed by atoms with Crippen molar-refractivity contribution in [3.8, 4) is 17.2 Å². The quantitative estimate of drug-likeness (QED) is 0.791. The van der Waals surface area contributed by atoms with Crippen LogP contribution in [0.4, 0.5) is 0 Å². The highest BCUT2D eigenvalue weighted by atomic mass is 16.5. The van der Waals surface area contributed by atoms with E-state index >= 15 is 0 Å². The van der Waals surface area contributed by atoms with Crippen molar-refractivity contribution in [2.45, 2.75) is 39.3 Å². The van der Waals surface area contributed by atoms with Gasteiger partial charge >= 0.3 is 0 Å². The van der Waals surface area contributed by atoms with Gasteiger partial charge in [0.1, 0.15) is 11.3 Å². The maximum absolute atomic E-state index is 13.0. The molecule has 1 aromatic carbocycles. The van der Waals surface area contributed by atoms with E-state index in [2.05, 4.69) is 5.32 Å². The molecule has 150 valence electrons. The average molecular weight is 386 g/mol. The first-order valence-corrected chi connectivity index (χ1v) is 9.47. The van der Waals surface area contributed by atoms with E-state index in [1.165, 1.54) is 6.07 Å². The van der Waals surface area contributed by atoms with E-state index in [1.54, 1.807) is 24.9 Å². The van der Waals surface area contributed by atoms with Gasteiger partial charge in [0.15, 0.2) is 11.5 Å². The molecular formula is C21H26N2O5. The summed E-state index contributed by atoms with van der Waals surface area (Å²) in [7, 11) is 3.15. The first kappa shape index (κ1) is 19.8. The van der Waals surface area contributed by atoms with Gasteiger partial charge < -0.3 is 24.1 Å². The van der Waals surface area contributed by atoms with Gasteiger partial charge in [-0.25, -0.2) is 0 Å². The summed E-state index contributed by atoms with van der Waals surface area (Å²) in [5.41, 5.74) is 1.98. The zero-order valence-corrected chi connectivity index (χ0v) is 16.5. The second-order valence-electron chi connectivity index (χ2n) is 6.58. The highest BCUT2D eigenvalue weighted by Gasteiger charge is 2.24. The molecule has 0 saturated carbocycles. The number of hydrogen-bond acceptors (Lipinski definition) is 5. The Balaban J connectivity index is 1.87. The van der Waals surface area contributed by atoms with Crippen LogP contribution in [0.2, 0.25) is 0 Å². The van der Waals surface area contributed by atoms with Gasteiger partial charge in [0.2, 0.25) is 0 Å². The zero-order chi connectivity index (χ0) is 20.1. The third-order valence-electron chi connectivity index (χ3n) is 4.85. The van der Waals surface area contributed by atoms with Crippen molar-refractivity contribution >= 4 is 5.91 Å². The Bertz CT molecular complexity index is 920. The molecule has 2 aromatic rings. The summed E-state index contributed by atoms with van der Waals surface area (Å²) in [6.45, 7) is 3.18. The first-order chi connectivity index (χ1) is 13.6. The highest BCUT2D eigenvalue weighted by molar-refractivity contribution is 5.98. The minimum atomic E-state index is -0.246. The standard InChI is InChI=1S/C21H26N2O5/c1-4-28-18-12-19(24)23-10-6-5-7-15(23)20(18)21(25)22-13-14-8-9-16(26-2)17(11-14)27-3/h8-9,11-12H,4-7,10,13H2,1-3H3,(H,22,25). The Morgan fingerprint density at radius 3 is 2.61 bits per heavy atom. The predicted octanol–water partition coefficient (Wildman–Crippen LogP) is 2.53. The van der Waals surface area contributed by atoms with Gasteiger partial charge in [-0.2, -0.15) is 0 Å². The number of methoxy groups -OCH3 is 2. The molecule has 7 nitrogen and oxygen atoms in total. The molecule has 0 unspecified atom stereocenters.